The first-order chi connectivity index (χ1) is 3.18. The van der Waals surface area contributed by atoms with Gasteiger partial charge in [-0.15, -0.1) is 0 Å². The molecule has 0 rings (SSSR count). The summed E-state index contributed by atoms with van der Waals surface area (Å²) in [5.74, 6) is 0. The van der Waals surface area contributed by atoms with Gasteiger partial charge in [0.25, 0.3) is 0 Å². The number of amides is 2. The van der Waals surface area contributed by atoms with Crippen LogP contribution in [-0.4, -0.2) is 25.0 Å². The van der Waals surface area contributed by atoms with Crippen LogP contribution >= 0.6 is 0 Å². The Morgan fingerprint density at radius 3 is 2.50 bits per heavy atom. The predicted octanol–water partition coefficient (Wildman–Crippen LogP) is -0.373. The van der Waals surface area contributed by atoms with Gasteiger partial charge in [0.2, 0.25) is 0 Å². The number of carbonyl (C=O) groups is 1. The van der Waals surface area contributed by atoms with E-state index in [0.717, 1.165) is 0 Å². The maximum atomic E-state index is 10.1. The first-order valence-electron chi connectivity index (χ1n) is 2.07. The molecule has 6 heavy (non-hydrogen) atoms. The van der Waals surface area contributed by atoms with Crippen LogP contribution in [0.25, 0.3) is 0 Å². The Morgan fingerprint density at radius 1 is 2.00 bits per heavy atom. The van der Waals surface area contributed by atoms with E-state index in [1.54, 1.807) is 19.8 Å². The lowest BCUT2D eigenvalue weighted by molar-refractivity contribution is 0.227. The lowest BCUT2D eigenvalue weighted by Gasteiger charge is -2.01. The van der Waals surface area contributed by atoms with Crippen molar-refractivity contribution in [1.29, 1.82) is 0 Å². The summed E-state index contributed by atoms with van der Waals surface area (Å²) in [5, 5.41) is 0. The smallest absolute Gasteiger partial charge is 0.314 e. The summed E-state index contributed by atoms with van der Waals surface area (Å²) < 4.78 is 6.30. The molecule has 0 aliphatic heterocycles. The third kappa shape index (κ3) is 1.58. The highest BCUT2D eigenvalue weighted by molar-refractivity contribution is 5.71. The molecule has 0 saturated heterocycles. The van der Waals surface area contributed by atoms with E-state index in [4.69, 9.17) is 1.41 Å². The van der Waals surface area contributed by atoms with Crippen molar-refractivity contribution in [2.75, 3.05) is 14.1 Å². The van der Waals surface area contributed by atoms with Gasteiger partial charge in [-0.1, -0.05) is 0 Å². The largest absolute Gasteiger partial charge is 0.352 e. The molecule has 2 amide bonds. The Balaban J connectivity index is 3.35. The summed E-state index contributed by atoms with van der Waals surface area (Å²) in [6, 6.07) is -0.403. The average molecular weight is 89.1 g/mol. The molecule has 3 nitrogen and oxygen atoms in total. The van der Waals surface area contributed by atoms with E-state index in [-0.39, 0.29) is 0 Å². The minimum Gasteiger partial charge on any atom is -0.352 e. The number of primary amides is 1. The summed E-state index contributed by atoms with van der Waals surface area (Å²) in [4.78, 5) is 11.4. The molecule has 36 valence electrons. The van der Waals surface area contributed by atoms with Crippen LogP contribution in [0.1, 0.15) is 0 Å². The topological polar surface area (TPSA) is 46.3 Å². The van der Waals surface area contributed by atoms with Gasteiger partial charge in [0.1, 0.15) is 0 Å². The van der Waals surface area contributed by atoms with Crippen LogP contribution in [-0.2, 0) is 0 Å². The van der Waals surface area contributed by atoms with Gasteiger partial charge in [0.15, 0.2) is 1.41 Å². The average Bonchev–Trinajstić information content (AvgIpc) is 1.65. The number of urea groups is 1. The number of hydrogen-bond acceptors (Lipinski definition) is 1. The van der Waals surface area contributed by atoms with Crippen molar-refractivity contribution in [1.82, 2.24) is 4.90 Å². The van der Waals surface area contributed by atoms with Crippen molar-refractivity contribution in [2.24, 2.45) is 5.73 Å². The monoisotopic (exact) mass is 89.1 g/mol. The second kappa shape index (κ2) is 1.64. The fourth-order valence-corrected chi connectivity index (χ4v) is 0. The normalized spacial score (nSPS) is 9.33. The number of rotatable bonds is 0. The molecule has 0 aliphatic carbocycles. The number of nitrogens with zero attached hydrogens (tertiary/aromatic N) is 1. The summed E-state index contributed by atoms with van der Waals surface area (Å²) in [6.07, 6.45) is 0. The van der Waals surface area contributed by atoms with Crippen molar-refractivity contribution in [3.63, 3.8) is 0 Å². The SMILES string of the molecule is [2H]NC(=O)N(C)C. The Morgan fingerprint density at radius 2 is 2.50 bits per heavy atom. The van der Waals surface area contributed by atoms with Crippen LogP contribution in [0.2, 0.25) is 1.41 Å². The van der Waals surface area contributed by atoms with Crippen molar-refractivity contribution in [2.45, 2.75) is 0 Å². The maximum Gasteiger partial charge on any atom is 0.314 e. The van der Waals surface area contributed by atoms with Gasteiger partial charge in [-0.25, -0.2) is 4.79 Å². The van der Waals surface area contributed by atoms with Crippen molar-refractivity contribution in [3.05, 3.63) is 0 Å². The summed E-state index contributed by atoms with van der Waals surface area (Å²) in [6.45, 7) is 0. The number of hydrogen-bond donors (Lipinski definition) is 1. The molecule has 0 bridgehead atoms. The molecular weight excluding hydrogens is 80.0 g/mol. The second-order valence-corrected chi connectivity index (χ2v) is 1.20. The van der Waals surface area contributed by atoms with Crippen LogP contribution in [0.5, 0.6) is 0 Å². The molecule has 0 aromatic carbocycles. The van der Waals surface area contributed by atoms with Crippen LogP contribution in [0.15, 0.2) is 0 Å². The van der Waals surface area contributed by atoms with E-state index in [1.165, 1.54) is 4.90 Å². The Hall–Kier alpha value is -0.730. The number of carbonyl (C=O) groups excluding carboxylic acids is 1. The molecule has 0 aromatic rings. The minimum absolute atomic E-state index is 0.403. The molecule has 0 atom stereocenters. The van der Waals surface area contributed by atoms with Gasteiger partial charge in [-0.3, -0.25) is 0 Å². The molecular formula is C3H8N2O. The van der Waals surface area contributed by atoms with Gasteiger partial charge < -0.3 is 10.6 Å². The molecule has 0 fully saturated rings. The molecule has 0 radical (unpaired) electrons. The molecule has 2 N–H and O–H groups in total. The summed E-state index contributed by atoms with van der Waals surface area (Å²) in [5.41, 5.74) is 1.70. The summed E-state index contributed by atoms with van der Waals surface area (Å²) in [7, 11) is 3.15. The predicted molar refractivity (Wildman–Crippen MR) is 23.3 cm³/mol. The highest BCUT2D eigenvalue weighted by Gasteiger charge is 1.88. The molecule has 0 aromatic heterocycles. The first kappa shape index (κ1) is 3.46. The van der Waals surface area contributed by atoms with E-state index < -0.39 is 6.03 Å². The lowest BCUT2D eigenvalue weighted by Crippen LogP contribution is -2.27. The highest BCUT2D eigenvalue weighted by atomic mass is 16.2. The van der Waals surface area contributed by atoms with Crippen LogP contribution in [0.4, 0.5) is 4.79 Å². The zero-order chi connectivity index (χ0) is 5.86. The van der Waals surface area contributed by atoms with Gasteiger partial charge in [0.05, 0.1) is 0 Å². The molecule has 0 aliphatic rings. The van der Waals surface area contributed by atoms with Gasteiger partial charge >= 0.3 is 6.03 Å². The molecule has 0 spiro atoms. The van der Waals surface area contributed by atoms with Crippen LogP contribution in [0.3, 0.4) is 0 Å². The van der Waals surface area contributed by atoms with E-state index in [1.807, 2.05) is 0 Å². The minimum atomic E-state index is -0.403. The fourth-order valence-electron chi connectivity index (χ4n) is 0. The van der Waals surface area contributed by atoms with E-state index in [0.29, 0.717) is 0 Å². The van der Waals surface area contributed by atoms with Crippen LogP contribution in [0, 0.1) is 0 Å². The highest BCUT2D eigenvalue weighted by Crippen LogP contribution is 1.65. The molecule has 0 heterocycles. The van der Waals surface area contributed by atoms with E-state index >= 15 is 0 Å². The third-order valence-corrected chi connectivity index (χ3v) is 0.406. The quantitative estimate of drug-likeness (QED) is 0.432. The van der Waals surface area contributed by atoms with Gasteiger partial charge in [-0.05, 0) is 0 Å². The van der Waals surface area contributed by atoms with E-state index in [2.05, 4.69) is 0 Å². The van der Waals surface area contributed by atoms with Gasteiger partial charge in [-0.2, -0.15) is 0 Å². The van der Waals surface area contributed by atoms with Crippen molar-refractivity contribution >= 4 is 6.03 Å². The Bertz CT molecular complexity index is 73.3. The molecule has 3 heteroatoms. The number of nitrogens with two attached hydrogens (primary N) is 1. The molecule has 0 unspecified atom stereocenters. The van der Waals surface area contributed by atoms with E-state index in [9.17, 15) is 4.79 Å². The van der Waals surface area contributed by atoms with Crippen molar-refractivity contribution < 1.29 is 6.21 Å². The fraction of sp³-hybridized carbons (Fsp3) is 0.667. The van der Waals surface area contributed by atoms with Gasteiger partial charge in [0, 0.05) is 14.1 Å². The Labute approximate surface area is 38.2 Å². The zero-order valence-electron chi connectivity index (χ0n) is 4.86. The lowest BCUT2D eigenvalue weighted by atomic mass is 10.9. The van der Waals surface area contributed by atoms with Crippen LogP contribution < -0.4 is 5.73 Å². The third-order valence-electron chi connectivity index (χ3n) is 0.406. The standard InChI is InChI=1S/C3H8N2O/c1-5(2)3(4)6/h1-2H3,(H2,4,6)/i/hD. The maximum absolute atomic E-state index is 10.1. The molecule has 0 saturated carbocycles. The second-order valence-electron chi connectivity index (χ2n) is 1.20. The summed E-state index contributed by atoms with van der Waals surface area (Å²) >= 11 is 0. The first-order valence-corrected chi connectivity index (χ1v) is 1.57. The Kier molecular flexibility index (Phi) is 0.948. The van der Waals surface area contributed by atoms with Crippen molar-refractivity contribution in [3.8, 4) is 0 Å². The zero-order valence-corrected chi connectivity index (χ0v) is 3.86.